The van der Waals surface area contributed by atoms with Crippen LogP contribution in [0.2, 0.25) is 5.02 Å². The van der Waals surface area contributed by atoms with E-state index in [0.29, 0.717) is 0 Å². The molecule has 0 aromatic carbocycles. The first-order valence-electron chi connectivity index (χ1n) is 5.80. The minimum absolute atomic E-state index is 0.117. The molecule has 1 aromatic rings. The van der Waals surface area contributed by atoms with Crippen LogP contribution < -0.4 is 0 Å². The number of ether oxygens (including phenoxy) is 1. The Bertz CT molecular complexity index is 446. The van der Waals surface area contributed by atoms with Gasteiger partial charge in [-0.2, -0.15) is 0 Å². The van der Waals surface area contributed by atoms with Crippen LogP contribution in [0, 0.1) is 11.8 Å². The fourth-order valence-electron chi connectivity index (χ4n) is 1.63. The topological polar surface area (TPSA) is 56.3 Å². The largest absolute Gasteiger partial charge is 0.465 e. The lowest BCUT2D eigenvalue weighted by atomic mass is 9.90. The van der Waals surface area contributed by atoms with Crippen LogP contribution in [0.1, 0.15) is 31.3 Å². The molecule has 0 amide bonds. The van der Waals surface area contributed by atoms with E-state index in [0.717, 1.165) is 0 Å². The highest BCUT2D eigenvalue weighted by Crippen LogP contribution is 2.22. The van der Waals surface area contributed by atoms with Crippen LogP contribution in [-0.4, -0.2) is 23.3 Å². The highest BCUT2D eigenvalue weighted by Gasteiger charge is 2.33. The Hall–Kier alpha value is -1.42. The summed E-state index contributed by atoms with van der Waals surface area (Å²) in [7, 11) is 0. The summed E-state index contributed by atoms with van der Waals surface area (Å²) in [5.74, 6) is -1.96. The molecule has 18 heavy (non-hydrogen) atoms. The lowest BCUT2D eigenvalue weighted by Crippen LogP contribution is -2.31. The lowest BCUT2D eigenvalue weighted by molar-refractivity contribution is -0.147. The average molecular weight is 270 g/mol. The number of Topliss-reactive ketones (excluding diaryl/α,β-unsaturated/α-hetero) is 1. The van der Waals surface area contributed by atoms with Crippen LogP contribution in [0.4, 0.5) is 0 Å². The van der Waals surface area contributed by atoms with Crippen LogP contribution in [0.3, 0.4) is 0 Å². The van der Waals surface area contributed by atoms with Gasteiger partial charge in [0.1, 0.15) is 11.6 Å². The number of esters is 1. The van der Waals surface area contributed by atoms with Gasteiger partial charge in [-0.05, 0) is 25.0 Å². The van der Waals surface area contributed by atoms with E-state index < -0.39 is 17.7 Å². The molecule has 0 aliphatic heterocycles. The van der Waals surface area contributed by atoms with Gasteiger partial charge in [-0.1, -0.05) is 25.4 Å². The summed E-state index contributed by atoms with van der Waals surface area (Å²) in [6, 6.07) is 3.21. The smallest absolute Gasteiger partial charge is 0.317 e. The van der Waals surface area contributed by atoms with Crippen LogP contribution >= 0.6 is 11.6 Å². The lowest BCUT2D eigenvalue weighted by Gasteiger charge is -2.17. The second kappa shape index (κ2) is 6.50. The molecule has 1 aromatic heterocycles. The van der Waals surface area contributed by atoms with Crippen molar-refractivity contribution in [1.82, 2.24) is 4.98 Å². The third kappa shape index (κ3) is 3.29. The molecule has 0 bridgehead atoms. The second-order valence-corrected chi connectivity index (χ2v) is 4.58. The highest BCUT2D eigenvalue weighted by molar-refractivity contribution is 6.34. The molecule has 4 nitrogen and oxygen atoms in total. The SMILES string of the molecule is CCOC(=O)C(C(=O)c1ncccc1Cl)C(C)C. The number of aromatic nitrogens is 1. The van der Waals surface area contributed by atoms with Gasteiger partial charge < -0.3 is 4.74 Å². The predicted octanol–water partition coefficient (Wildman–Crippen LogP) is 2.75. The molecule has 1 atom stereocenters. The van der Waals surface area contributed by atoms with E-state index in [9.17, 15) is 9.59 Å². The molecule has 1 rings (SSSR count). The molecule has 0 aliphatic rings. The summed E-state index contributed by atoms with van der Waals surface area (Å²) in [4.78, 5) is 28.0. The van der Waals surface area contributed by atoms with E-state index in [1.807, 2.05) is 0 Å². The van der Waals surface area contributed by atoms with E-state index in [1.54, 1.807) is 32.9 Å². The summed E-state index contributed by atoms with van der Waals surface area (Å²) in [6.45, 7) is 5.52. The van der Waals surface area contributed by atoms with Gasteiger partial charge >= 0.3 is 5.97 Å². The number of ketones is 1. The van der Waals surface area contributed by atoms with Crippen molar-refractivity contribution in [3.05, 3.63) is 29.0 Å². The van der Waals surface area contributed by atoms with Crippen molar-refractivity contribution < 1.29 is 14.3 Å². The number of rotatable bonds is 5. The standard InChI is InChI=1S/C13H16ClNO3/c1-4-18-13(17)10(8(2)3)12(16)11-9(14)6-5-7-15-11/h5-8,10H,4H2,1-3H3. The maximum Gasteiger partial charge on any atom is 0.317 e. The molecule has 0 spiro atoms. The molecule has 5 heteroatoms. The van der Waals surface area contributed by atoms with E-state index >= 15 is 0 Å². The number of pyridine rings is 1. The molecule has 0 saturated carbocycles. The van der Waals surface area contributed by atoms with Gasteiger partial charge in [0.05, 0.1) is 11.6 Å². The van der Waals surface area contributed by atoms with Crippen LogP contribution in [0.15, 0.2) is 18.3 Å². The van der Waals surface area contributed by atoms with Crippen molar-refractivity contribution in [2.45, 2.75) is 20.8 Å². The first-order valence-corrected chi connectivity index (χ1v) is 6.18. The van der Waals surface area contributed by atoms with Gasteiger partial charge in [0.2, 0.25) is 0 Å². The summed E-state index contributed by atoms with van der Waals surface area (Å²) in [5, 5.41) is 0.248. The first-order chi connectivity index (χ1) is 8.49. The molecular formula is C13H16ClNO3. The molecule has 0 saturated heterocycles. The molecule has 1 heterocycles. The average Bonchev–Trinajstić information content (AvgIpc) is 2.29. The monoisotopic (exact) mass is 269 g/mol. The molecule has 0 fully saturated rings. The summed E-state index contributed by atoms with van der Waals surface area (Å²) in [5.41, 5.74) is 0.117. The van der Waals surface area contributed by atoms with Crippen molar-refractivity contribution in [2.24, 2.45) is 11.8 Å². The molecule has 1 unspecified atom stereocenters. The molecule has 98 valence electrons. The Kier molecular flexibility index (Phi) is 5.28. The van der Waals surface area contributed by atoms with Gasteiger partial charge in [0.15, 0.2) is 5.78 Å². The van der Waals surface area contributed by atoms with Gasteiger partial charge in [-0.15, -0.1) is 0 Å². The maximum atomic E-state index is 12.3. The van der Waals surface area contributed by atoms with E-state index in [-0.39, 0.29) is 23.2 Å². The van der Waals surface area contributed by atoms with Crippen LogP contribution in [0.25, 0.3) is 0 Å². The van der Waals surface area contributed by atoms with Gasteiger partial charge in [-0.25, -0.2) is 0 Å². The number of hydrogen-bond acceptors (Lipinski definition) is 4. The quantitative estimate of drug-likeness (QED) is 0.469. The fourth-order valence-corrected chi connectivity index (χ4v) is 1.84. The van der Waals surface area contributed by atoms with Gasteiger partial charge in [0, 0.05) is 6.20 Å². The molecule has 0 aliphatic carbocycles. The Morgan fingerprint density at radius 1 is 1.44 bits per heavy atom. The van der Waals surface area contributed by atoms with E-state index in [4.69, 9.17) is 16.3 Å². The Morgan fingerprint density at radius 2 is 2.11 bits per heavy atom. The third-order valence-corrected chi connectivity index (χ3v) is 2.79. The number of nitrogens with zero attached hydrogens (tertiary/aromatic N) is 1. The Balaban J connectivity index is 3.04. The van der Waals surface area contributed by atoms with Crippen molar-refractivity contribution >= 4 is 23.4 Å². The predicted molar refractivity (Wildman–Crippen MR) is 68.5 cm³/mol. The van der Waals surface area contributed by atoms with Crippen LogP contribution in [0.5, 0.6) is 0 Å². The van der Waals surface area contributed by atoms with Gasteiger partial charge in [-0.3, -0.25) is 14.6 Å². The van der Waals surface area contributed by atoms with Crippen molar-refractivity contribution in [2.75, 3.05) is 6.61 Å². The second-order valence-electron chi connectivity index (χ2n) is 4.17. The van der Waals surface area contributed by atoms with Crippen molar-refractivity contribution in [3.8, 4) is 0 Å². The van der Waals surface area contributed by atoms with Crippen molar-refractivity contribution in [1.29, 1.82) is 0 Å². The number of carbonyl (C=O) groups excluding carboxylic acids is 2. The zero-order valence-electron chi connectivity index (χ0n) is 10.6. The minimum atomic E-state index is -0.864. The Labute approximate surface area is 111 Å². The summed E-state index contributed by atoms with van der Waals surface area (Å²) in [6.07, 6.45) is 1.47. The number of hydrogen-bond donors (Lipinski definition) is 0. The Morgan fingerprint density at radius 3 is 2.61 bits per heavy atom. The minimum Gasteiger partial charge on any atom is -0.465 e. The van der Waals surface area contributed by atoms with Crippen LogP contribution in [-0.2, 0) is 9.53 Å². The molecule has 0 N–H and O–H groups in total. The fraction of sp³-hybridized carbons (Fsp3) is 0.462. The molecule has 0 radical (unpaired) electrons. The number of carbonyl (C=O) groups is 2. The zero-order chi connectivity index (χ0) is 13.7. The van der Waals surface area contributed by atoms with E-state index in [1.165, 1.54) is 6.20 Å². The first kappa shape index (κ1) is 14.6. The van der Waals surface area contributed by atoms with Gasteiger partial charge in [0.25, 0.3) is 0 Å². The van der Waals surface area contributed by atoms with Crippen molar-refractivity contribution in [3.63, 3.8) is 0 Å². The third-order valence-electron chi connectivity index (χ3n) is 2.48. The van der Waals surface area contributed by atoms with E-state index in [2.05, 4.69) is 4.98 Å². The maximum absolute atomic E-state index is 12.3. The normalized spacial score (nSPS) is 12.3. The summed E-state index contributed by atoms with van der Waals surface area (Å²) >= 11 is 5.91. The summed E-state index contributed by atoms with van der Waals surface area (Å²) < 4.78 is 4.92. The zero-order valence-corrected chi connectivity index (χ0v) is 11.4. The number of halogens is 1. The highest BCUT2D eigenvalue weighted by atomic mass is 35.5. The molecular weight excluding hydrogens is 254 g/mol.